The lowest BCUT2D eigenvalue weighted by atomic mass is 10.1. The van der Waals surface area contributed by atoms with Crippen LogP contribution in [-0.4, -0.2) is 21.3 Å². The number of hydrogen-bond donors (Lipinski definition) is 3. The highest BCUT2D eigenvalue weighted by atomic mass is 32.1. The number of hydrogen-bond acceptors (Lipinski definition) is 4. The maximum absolute atomic E-state index is 11.7. The maximum atomic E-state index is 11.7. The first-order valence-electron chi connectivity index (χ1n) is 6.21. The maximum Gasteiger partial charge on any atom is 0.264 e. The van der Waals surface area contributed by atoms with Crippen LogP contribution in [0.1, 0.15) is 23.6 Å². The first-order valence-corrected chi connectivity index (χ1v) is 6.62. The van der Waals surface area contributed by atoms with E-state index in [-0.39, 0.29) is 16.2 Å². The van der Waals surface area contributed by atoms with E-state index in [0.717, 1.165) is 23.2 Å². The number of aliphatic imine (C=N–C) groups is 1. The molecule has 2 aromatic rings. The van der Waals surface area contributed by atoms with Gasteiger partial charge < -0.3 is 10.1 Å². The highest BCUT2D eigenvalue weighted by Crippen LogP contribution is 2.24. The second-order valence-corrected chi connectivity index (χ2v) is 4.77. The van der Waals surface area contributed by atoms with Crippen LogP contribution in [0.2, 0.25) is 0 Å². The van der Waals surface area contributed by atoms with Crippen molar-refractivity contribution in [2.45, 2.75) is 20.3 Å². The predicted molar refractivity (Wildman–Crippen MR) is 81.7 cm³/mol. The molecule has 0 spiro atoms. The number of nitrogens with zero attached hydrogens (tertiary/aromatic N) is 1. The third kappa shape index (κ3) is 2.85. The lowest BCUT2D eigenvalue weighted by Crippen LogP contribution is -2.13. The summed E-state index contributed by atoms with van der Waals surface area (Å²) in [5, 5.41) is 9.71. The molecule has 0 saturated heterocycles. The molecule has 6 heteroatoms. The summed E-state index contributed by atoms with van der Waals surface area (Å²) < 4.78 is 0.0785. The zero-order valence-electron chi connectivity index (χ0n) is 11.2. The number of aryl methyl sites for hydroxylation is 2. The third-order valence-electron chi connectivity index (χ3n) is 2.98. The van der Waals surface area contributed by atoms with Crippen molar-refractivity contribution in [1.82, 2.24) is 9.97 Å². The quantitative estimate of drug-likeness (QED) is 0.600. The fourth-order valence-electron chi connectivity index (χ4n) is 1.92. The van der Waals surface area contributed by atoms with Crippen molar-refractivity contribution in [2.75, 3.05) is 0 Å². The Morgan fingerprint density at radius 1 is 1.40 bits per heavy atom. The second kappa shape index (κ2) is 5.83. The Labute approximate surface area is 121 Å². The van der Waals surface area contributed by atoms with Gasteiger partial charge in [0, 0.05) is 6.21 Å². The number of nitrogens with one attached hydrogen (secondary N) is 2. The van der Waals surface area contributed by atoms with Gasteiger partial charge in [-0.05, 0) is 36.7 Å². The minimum atomic E-state index is -0.471. The number of para-hydroxylation sites is 1. The molecule has 1 heterocycles. The van der Waals surface area contributed by atoms with Crippen LogP contribution in [0, 0.1) is 11.7 Å². The molecule has 0 saturated carbocycles. The lowest BCUT2D eigenvalue weighted by Gasteiger charge is -2.06. The molecule has 0 bridgehead atoms. The molecule has 5 nitrogen and oxygen atoms in total. The van der Waals surface area contributed by atoms with Gasteiger partial charge in [-0.3, -0.25) is 14.8 Å². The van der Waals surface area contributed by atoms with E-state index in [1.807, 2.05) is 32.0 Å². The molecule has 1 aromatic carbocycles. The number of H-pyrrole nitrogens is 2. The van der Waals surface area contributed by atoms with E-state index in [0.29, 0.717) is 0 Å². The van der Waals surface area contributed by atoms with E-state index in [1.165, 1.54) is 6.21 Å². The van der Waals surface area contributed by atoms with Gasteiger partial charge in [-0.1, -0.05) is 25.1 Å². The molecule has 2 rings (SSSR count). The second-order valence-electron chi connectivity index (χ2n) is 4.36. The molecule has 3 N–H and O–H groups in total. The van der Waals surface area contributed by atoms with Crippen LogP contribution in [-0.2, 0) is 6.42 Å². The zero-order valence-corrected chi connectivity index (χ0v) is 12.0. The fraction of sp³-hybridized carbons (Fsp3) is 0.214. The van der Waals surface area contributed by atoms with Gasteiger partial charge in [0.15, 0.2) is 4.77 Å². The van der Waals surface area contributed by atoms with Crippen LogP contribution in [0.5, 0.6) is 5.88 Å². The normalized spacial score (nSPS) is 11.1. The first-order chi connectivity index (χ1) is 9.52. The van der Waals surface area contributed by atoms with Gasteiger partial charge >= 0.3 is 0 Å². The Balaban J connectivity index is 2.51. The number of aromatic nitrogens is 2. The van der Waals surface area contributed by atoms with Gasteiger partial charge in [-0.25, -0.2) is 0 Å². The summed E-state index contributed by atoms with van der Waals surface area (Å²) in [4.78, 5) is 21.0. The topological polar surface area (TPSA) is 81.2 Å². The van der Waals surface area contributed by atoms with Crippen molar-refractivity contribution in [2.24, 2.45) is 4.99 Å². The summed E-state index contributed by atoms with van der Waals surface area (Å²) in [6.07, 6.45) is 2.19. The van der Waals surface area contributed by atoms with Crippen LogP contribution in [0.3, 0.4) is 0 Å². The summed E-state index contributed by atoms with van der Waals surface area (Å²) >= 11 is 4.77. The largest absolute Gasteiger partial charge is 0.494 e. The van der Waals surface area contributed by atoms with Gasteiger partial charge in [0.25, 0.3) is 5.56 Å². The average Bonchev–Trinajstić information content (AvgIpc) is 2.38. The predicted octanol–water partition coefficient (Wildman–Crippen LogP) is 2.76. The van der Waals surface area contributed by atoms with Gasteiger partial charge in [-0.15, -0.1) is 0 Å². The Morgan fingerprint density at radius 3 is 2.80 bits per heavy atom. The molecular weight excluding hydrogens is 274 g/mol. The average molecular weight is 289 g/mol. The smallest absolute Gasteiger partial charge is 0.264 e. The Hall–Kier alpha value is -2.21. The molecule has 0 aliphatic heterocycles. The van der Waals surface area contributed by atoms with Crippen molar-refractivity contribution < 1.29 is 5.11 Å². The van der Waals surface area contributed by atoms with Crippen LogP contribution in [0.25, 0.3) is 0 Å². The highest BCUT2D eigenvalue weighted by Gasteiger charge is 2.06. The standard InChI is InChI=1S/C14H15N3O2S/c1-3-9-6-4-5-8(2)11(9)15-7-10-12(18)16-14(20)17-13(10)19/h4-7H,3H2,1-2H3,(H3,16,17,18,19,20). The van der Waals surface area contributed by atoms with Gasteiger partial charge in [-0.2, -0.15) is 0 Å². The molecule has 0 aliphatic carbocycles. The molecule has 0 amide bonds. The summed E-state index contributed by atoms with van der Waals surface area (Å²) in [5.41, 5.74) is 2.50. The monoisotopic (exact) mass is 289 g/mol. The number of aromatic hydroxyl groups is 1. The van der Waals surface area contributed by atoms with E-state index in [2.05, 4.69) is 15.0 Å². The molecule has 0 aliphatic rings. The molecule has 0 atom stereocenters. The molecule has 0 unspecified atom stereocenters. The molecule has 104 valence electrons. The fourth-order valence-corrected chi connectivity index (χ4v) is 2.11. The Kier molecular flexibility index (Phi) is 4.14. The van der Waals surface area contributed by atoms with Crippen LogP contribution >= 0.6 is 12.2 Å². The van der Waals surface area contributed by atoms with Crippen LogP contribution in [0.15, 0.2) is 28.0 Å². The van der Waals surface area contributed by atoms with E-state index >= 15 is 0 Å². The third-order valence-corrected chi connectivity index (χ3v) is 3.19. The van der Waals surface area contributed by atoms with Crippen molar-refractivity contribution in [3.05, 3.63) is 50.0 Å². The summed E-state index contributed by atoms with van der Waals surface area (Å²) in [6, 6.07) is 5.91. The molecule has 0 fully saturated rings. The lowest BCUT2D eigenvalue weighted by molar-refractivity contribution is 0.449. The first kappa shape index (κ1) is 14.2. The summed E-state index contributed by atoms with van der Waals surface area (Å²) in [5.74, 6) is -0.283. The Morgan fingerprint density at radius 2 is 2.15 bits per heavy atom. The van der Waals surface area contributed by atoms with Gasteiger partial charge in [0.05, 0.1) is 5.69 Å². The van der Waals surface area contributed by atoms with E-state index in [9.17, 15) is 9.90 Å². The minimum absolute atomic E-state index is 0.0592. The summed E-state index contributed by atoms with van der Waals surface area (Å²) in [6.45, 7) is 3.99. The number of aromatic amines is 2. The van der Waals surface area contributed by atoms with Crippen molar-refractivity contribution in [1.29, 1.82) is 0 Å². The number of rotatable bonds is 3. The Bertz CT molecular complexity index is 775. The van der Waals surface area contributed by atoms with Crippen molar-refractivity contribution in [3.63, 3.8) is 0 Å². The molecule has 20 heavy (non-hydrogen) atoms. The molecule has 1 aromatic heterocycles. The van der Waals surface area contributed by atoms with Crippen LogP contribution < -0.4 is 5.56 Å². The zero-order chi connectivity index (χ0) is 14.7. The molecule has 0 radical (unpaired) electrons. The SMILES string of the molecule is CCc1cccc(C)c1N=Cc1c(O)[nH]c(=S)[nH]c1=O. The van der Waals surface area contributed by atoms with Crippen molar-refractivity contribution in [3.8, 4) is 5.88 Å². The van der Waals surface area contributed by atoms with Gasteiger partial charge in [0.1, 0.15) is 5.56 Å². The minimum Gasteiger partial charge on any atom is -0.494 e. The van der Waals surface area contributed by atoms with Gasteiger partial charge in [0.2, 0.25) is 5.88 Å². The highest BCUT2D eigenvalue weighted by molar-refractivity contribution is 7.71. The number of benzene rings is 1. The van der Waals surface area contributed by atoms with E-state index in [4.69, 9.17) is 12.2 Å². The van der Waals surface area contributed by atoms with Crippen molar-refractivity contribution >= 4 is 24.1 Å². The molecular formula is C14H15N3O2S. The van der Waals surface area contributed by atoms with Crippen LogP contribution in [0.4, 0.5) is 5.69 Å². The van der Waals surface area contributed by atoms with E-state index < -0.39 is 5.56 Å². The van der Waals surface area contributed by atoms with E-state index in [1.54, 1.807) is 0 Å². The summed E-state index contributed by atoms with van der Waals surface area (Å²) in [7, 11) is 0.